The van der Waals surface area contributed by atoms with Crippen molar-refractivity contribution in [3.63, 3.8) is 0 Å². The van der Waals surface area contributed by atoms with Crippen LogP contribution < -0.4 is 4.90 Å². The Hall–Kier alpha value is -2.57. The van der Waals surface area contributed by atoms with Crippen LogP contribution in [0.4, 0.5) is 10.5 Å². The molecule has 1 aromatic carbocycles. The van der Waals surface area contributed by atoms with Crippen molar-refractivity contribution in [1.29, 1.82) is 5.26 Å². The molecule has 33 heavy (non-hydrogen) atoms. The summed E-state index contributed by atoms with van der Waals surface area (Å²) in [5.41, 5.74) is 2.66. The summed E-state index contributed by atoms with van der Waals surface area (Å²) in [5.74, 6) is 0. The van der Waals surface area contributed by atoms with Crippen molar-refractivity contribution in [1.82, 2.24) is 14.5 Å². The zero-order chi connectivity index (χ0) is 24.4. The second kappa shape index (κ2) is 9.73. The fourth-order valence-corrected chi connectivity index (χ4v) is 4.63. The first kappa shape index (κ1) is 25.1. The summed E-state index contributed by atoms with van der Waals surface area (Å²) in [4.78, 5) is 20.9. The number of carbonyl (C=O) groups is 1. The molecule has 3 rings (SSSR count). The van der Waals surface area contributed by atoms with Gasteiger partial charge < -0.3 is 23.8 Å². The first-order chi connectivity index (χ1) is 15.4. The van der Waals surface area contributed by atoms with E-state index in [1.807, 2.05) is 37.5 Å². The molecule has 0 N–H and O–H groups in total. The Kier molecular flexibility index (Phi) is 7.39. The quantitative estimate of drug-likeness (QED) is 0.450. The highest BCUT2D eigenvalue weighted by Gasteiger charge is 2.31. The smallest absolute Gasteiger partial charge is 0.410 e. The van der Waals surface area contributed by atoms with E-state index < -0.39 is 13.7 Å². The molecule has 2 aromatic rings. The van der Waals surface area contributed by atoms with Crippen LogP contribution in [0.25, 0.3) is 11.0 Å². The fraction of sp³-hybridized carbons (Fsp3) is 0.625. The molecule has 180 valence electrons. The average Bonchev–Trinajstić information content (AvgIpc) is 3.10. The molecule has 8 nitrogen and oxygen atoms in total. The third-order valence-electron chi connectivity index (χ3n) is 5.67. The topological polar surface area (TPSA) is 83.6 Å². The largest absolute Gasteiger partial charge is 0.444 e. The summed E-state index contributed by atoms with van der Waals surface area (Å²) < 4.78 is 13.5. The number of anilines is 1. The van der Waals surface area contributed by atoms with Gasteiger partial charge in [0, 0.05) is 40.4 Å². The molecule has 9 heteroatoms. The van der Waals surface area contributed by atoms with Crippen LogP contribution in [0.15, 0.2) is 18.5 Å². The summed E-state index contributed by atoms with van der Waals surface area (Å²) >= 11 is 0. The van der Waals surface area contributed by atoms with Gasteiger partial charge in [0.25, 0.3) is 0 Å². The van der Waals surface area contributed by atoms with Crippen LogP contribution in [0.1, 0.15) is 33.3 Å². The molecule has 1 amide bonds. The number of aromatic nitrogens is 2. The number of piperazine rings is 1. The van der Waals surface area contributed by atoms with Crippen LogP contribution in [0.5, 0.6) is 0 Å². The monoisotopic (exact) mass is 471 g/mol. The SMILES string of the molecule is CC1CN(C(=O)OC(C)(C)C)CCN1c1cc2c(cc1C#N)ncn2COCC[Si](C)(C)C. The Labute approximate surface area is 198 Å². The van der Waals surface area contributed by atoms with Crippen molar-refractivity contribution < 1.29 is 14.3 Å². The molecule has 1 aliphatic rings. The van der Waals surface area contributed by atoms with E-state index in [-0.39, 0.29) is 12.1 Å². The van der Waals surface area contributed by atoms with Crippen LogP contribution in [-0.2, 0) is 16.2 Å². The van der Waals surface area contributed by atoms with E-state index in [0.717, 1.165) is 29.4 Å². The minimum atomic E-state index is -1.14. The Morgan fingerprint density at radius 2 is 2.00 bits per heavy atom. The van der Waals surface area contributed by atoms with Gasteiger partial charge in [-0.05, 0) is 45.9 Å². The van der Waals surface area contributed by atoms with E-state index >= 15 is 0 Å². The van der Waals surface area contributed by atoms with Gasteiger partial charge in [0.05, 0.1) is 28.6 Å². The first-order valence-electron chi connectivity index (χ1n) is 11.6. The number of hydrogen-bond acceptors (Lipinski definition) is 6. The van der Waals surface area contributed by atoms with Gasteiger partial charge in [0.2, 0.25) is 0 Å². The highest BCUT2D eigenvalue weighted by Crippen LogP contribution is 2.30. The standard InChI is InChI=1S/C24H37N5O3Si/c1-18-15-27(23(30)32-24(2,3)4)8-9-29(18)21-13-22-20(12-19(21)14-25)26-16-28(22)17-31-10-11-33(5,6)7/h12-13,16,18H,8-11,15,17H2,1-7H3. The van der Waals surface area contributed by atoms with Gasteiger partial charge in [0.15, 0.2) is 0 Å². The molecule has 0 aliphatic carbocycles. The Balaban J connectivity index is 1.77. The number of amides is 1. The van der Waals surface area contributed by atoms with Crippen molar-refractivity contribution in [2.45, 2.75) is 71.8 Å². The molecule has 1 unspecified atom stereocenters. The number of rotatable bonds is 6. The maximum absolute atomic E-state index is 12.5. The van der Waals surface area contributed by atoms with Crippen LogP contribution in [-0.4, -0.2) is 66.5 Å². The van der Waals surface area contributed by atoms with Crippen molar-refractivity contribution >= 4 is 30.9 Å². The number of hydrogen-bond donors (Lipinski definition) is 0. The van der Waals surface area contributed by atoms with E-state index in [0.29, 0.717) is 31.9 Å². The molecular formula is C24H37N5O3Si. The maximum atomic E-state index is 12.5. The lowest BCUT2D eigenvalue weighted by Gasteiger charge is -2.41. The molecule has 0 radical (unpaired) electrons. The molecule has 0 spiro atoms. The van der Waals surface area contributed by atoms with Crippen molar-refractivity contribution in [2.75, 3.05) is 31.1 Å². The second-order valence-electron chi connectivity index (χ2n) is 11.0. The first-order valence-corrected chi connectivity index (χ1v) is 15.3. The van der Waals surface area contributed by atoms with E-state index in [2.05, 4.69) is 42.5 Å². The highest BCUT2D eigenvalue weighted by atomic mass is 28.3. The maximum Gasteiger partial charge on any atom is 0.410 e. The van der Waals surface area contributed by atoms with Gasteiger partial charge in [-0.1, -0.05) is 19.6 Å². The van der Waals surface area contributed by atoms with Crippen LogP contribution in [0, 0.1) is 11.3 Å². The lowest BCUT2D eigenvalue weighted by molar-refractivity contribution is 0.0219. The third kappa shape index (κ3) is 6.48. The number of ether oxygens (including phenoxy) is 2. The van der Waals surface area contributed by atoms with Gasteiger partial charge in [-0.25, -0.2) is 9.78 Å². The molecule has 1 fully saturated rings. The number of fused-ring (bicyclic) bond motifs is 1. The summed E-state index contributed by atoms with van der Waals surface area (Å²) in [7, 11) is -1.14. The fourth-order valence-electron chi connectivity index (χ4n) is 3.87. The number of carbonyl (C=O) groups excluding carboxylic acids is 1. The summed E-state index contributed by atoms with van der Waals surface area (Å²) in [6.07, 6.45) is 1.48. The Morgan fingerprint density at radius 3 is 2.61 bits per heavy atom. The van der Waals surface area contributed by atoms with Gasteiger partial charge in [-0.15, -0.1) is 0 Å². The molecular weight excluding hydrogens is 434 g/mol. The van der Waals surface area contributed by atoms with E-state index in [9.17, 15) is 10.1 Å². The Bertz CT molecular complexity index is 1030. The van der Waals surface area contributed by atoms with Crippen molar-refractivity contribution in [3.8, 4) is 6.07 Å². The number of nitriles is 1. The lowest BCUT2D eigenvalue weighted by atomic mass is 10.1. The zero-order valence-electron chi connectivity index (χ0n) is 21.0. The van der Waals surface area contributed by atoms with Crippen LogP contribution in [0.2, 0.25) is 25.7 Å². The van der Waals surface area contributed by atoms with Gasteiger partial charge in [-0.2, -0.15) is 5.26 Å². The highest BCUT2D eigenvalue weighted by molar-refractivity contribution is 6.76. The zero-order valence-corrected chi connectivity index (χ0v) is 22.0. The van der Waals surface area contributed by atoms with Gasteiger partial charge in [0.1, 0.15) is 18.4 Å². The second-order valence-corrected chi connectivity index (χ2v) is 16.6. The third-order valence-corrected chi connectivity index (χ3v) is 7.38. The average molecular weight is 472 g/mol. The number of nitrogens with zero attached hydrogens (tertiary/aromatic N) is 5. The summed E-state index contributed by atoms with van der Waals surface area (Å²) in [6, 6.07) is 7.36. The van der Waals surface area contributed by atoms with Crippen LogP contribution >= 0.6 is 0 Å². The van der Waals surface area contributed by atoms with E-state index in [1.54, 1.807) is 11.2 Å². The molecule has 1 atom stereocenters. The number of imidazole rings is 1. The molecule has 0 bridgehead atoms. The van der Waals surface area contributed by atoms with Crippen LogP contribution in [0.3, 0.4) is 0 Å². The molecule has 1 saturated heterocycles. The Morgan fingerprint density at radius 1 is 1.27 bits per heavy atom. The molecule has 2 heterocycles. The molecule has 1 aromatic heterocycles. The van der Waals surface area contributed by atoms with E-state index in [4.69, 9.17) is 9.47 Å². The van der Waals surface area contributed by atoms with Gasteiger partial charge >= 0.3 is 6.09 Å². The molecule has 1 aliphatic heterocycles. The molecule has 0 saturated carbocycles. The minimum absolute atomic E-state index is 0.0418. The van der Waals surface area contributed by atoms with Crippen molar-refractivity contribution in [3.05, 3.63) is 24.0 Å². The lowest BCUT2D eigenvalue weighted by Crippen LogP contribution is -2.54. The summed E-state index contributed by atoms with van der Waals surface area (Å²) in [6.45, 7) is 17.6. The predicted octanol–water partition coefficient (Wildman–Crippen LogP) is 4.67. The predicted molar refractivity (Wildman–Crippen MR) is 133 cm³/mol. The number of benzene rings is 1. The van der Waals surface area contributed by atoms with Crippen molar-refractivity contribution in [2.24, 2.45) is 0 Å². The normalized spacial score (nSPS) is 17.3. The summed E-state index contributed by atoms with van der Waals surface area (Å²) in [5, 5.41) is 9.80. The van der Waals surface area contributed by atoms with E-state index in [1.165, 1.54) is 0 Å². The minimum Gasteiger partial charge on any atom is -0.444 e. The van der Waals surface area contributed by atoms with Gasteiger partial charge in [-0.3, -0.25) is 0 Å².